The molecule has 20 heavy (non-hydrogen) atoms. The predicted molar refractivity (Wildman–Crippen MR) is 78.2 cm³/mol. The van der Waals surface area contributed by atoms with Crippen molar-refractivity contribution in [2.24, 2.45) is 0 Å². The molecule has 1 aromatic carbocycles. The van der Waals surface area contributed by atoms with Gasteiger partial charge in [0.2, 0.25) is 0 Å². The van der Waals surface area contributed by atoms with Crippen molar-refractivity contribution in [2.45, 2.75) is 0 Å². The second-order valence-electron chi connectivity index (χ2n) is 3.88. The number of nitrogens with zero attached hydrogens (tertiary/aromatic N) is 1. The fourth-order valence-corrected chi connectivity index (χ4v) is 2.05. The number of amides is 1. The Morgan fingerprint density at radius 2 is 2.05 bits per heavy atom. The lowest BCUT2D eigenvalue weighted by atomic mass is 10.2. The molecule has 104 valence electrons. The first-order valence-corrected chi connectivity index (χ1v) is 6.36. The molecule has 2 rings (SSSR count). The number of carbonyl (C=O) groups excluding carboxylic acids is 1. The van der Waals surface area contributed by atoms with Crippen LogP contribution in [0.15, 0.2) is 30.5 Å². The molecule has 0 fully saturated rings. The molecule has 0 atom stereocenters. The minimum atomic E-state index is -0.601. The number of halogens is 3. The summed E-state index contributed by atoms with van der Waals surface area (Å²) in [6.07, 6.45) is 1.03. The molecule has 0 saturated carbocycles. The number of benzene rings is 1. The monoisotopic (exact) mass is 313 g/mol. The molecule has 0 bridgehead atoms. The van der Waals surface area contributed by atoms with Gasteiger partial charge in [-0.15, -0.1) is 0 Å². The SMILES string of the molecule is CNc1ncc(F)cc1C(=O)Nc1ccc(Cl)cc1Cl. The zero-order chi connectivity index (χ0) is 14.7. The third-order valence-corrected chi connectivity index (χ3v) is 3.06. The third-order valence-electron chi connectivity index (χ3n) is 2.52. The Morgan fingerprint density at radius 3 is 2.70 bits per heavy atom. The highest BCUT2D eigenvalue weighted by atomic mass is 35.5. The Hall–Kier alpha value is -1.85. The molecule has 4 nitrogen and oxygen atoms in total. The third kappa shape index (κ3) is 3.18. The summed E-state index contributed by atoms with van der Waals surface area (Å²) in [7, 11) is 1.59. The molecule has 0 spiro atoms. The van der Waals surface area contributed by atoms with Crippen LogP contribution in [0.5, 0.6) is 0 Å². The number of rotatable bonds is 3. The van der Waals surface area contributed by atoms with E-state index in [1.54, 1.807) is 19.2 Å². The van der Waals surface area contributed by atoms with E-state index < -0.39 is 11.7 Å². The van der Waals surface area contributed by atoms with Crippen molar-refractivity contribution in [2.75, 3.05) is 17.7 Å². The van der Waals surface area contributed by atoms with E-state index in [1.807, 2.05) is 0 Å². The molecule has 0 unspecified atom stereocenters. The summed E-state index contributed by atoms with van der Waals surface area (Å²) >= 11 is 11.7. The average Bonchev–Trinajstić information content (AvgIpc) is 2.41. The van der Waals surface area contributed by atoms with E-state index >= 15 is 0 Å². The van der Waals surface area contributed by atoms with Gasteiger partial charge in [0.05, 0.1) is 22.5 Å². The molecule has 0 aliphatic heterocycles. The number of carbonyl (C=O) groups is 1. The number of hydrogen-bond acceptors (Lipinski definition) is 3. The number of nitrogens with one attached hydrogen (secondary N) is 2. The van der Waals surface area contributed by atoms with Gasteiger partial charge in [-0.25, -0.2) is 9.37 Å². The molecule has 7 heteroatoms. The maximum Gasteiger partial charge on any atom is 0.259 e. The molecule has 1 amide bonds. The maximum atomic E-state index is 13.2. The molecule has 2 aromatic rings. The van der Waals surface area contributed by atoms with Crippen molar-refractivity contribution in [1.82, 2.24) is 4.98 Å². The number of anilines is 2. The zero-order valence-corrected chi connectivity index (χ0v) is 11.9. The van der Waals surface area contributed by atoms with Crippen molar-refractivity contribution in [3.05, 3.63) is 51.9 Å². The highest BCUT2D eigenvalue weighted by Gasteiger charge is 2.14. The van der Waals surface area contributed by atoms with Crippen LogP contribution in [-0.4, -0.2) is 17.9 Å². The Kier molecular flexibility index (Phi) is 4.42. The fourth-order valence-electron chi connectivity index (χ4n) is 1.59. The quantitative estimate of drug-likeness (QED) is 0.905. The average molecular weight is 314 g/mol. The van der Waals surface area contributed by atoms with Crippen molar-refractivity contribution in [1.29, 1.82) is 0 Å². The van der Waals surface area contributed by atoms with Crippen LogP contribution in [0.2, 0.25) is 10.0 Å². The van der Waals surface area contributed by atoms with Crippen LogP contribution in [0.25, 0.3) is 0 Å². The highest BCUT2D eigenvalue weighted by Crippen LogP contribution is 2.26. The summed E-state index contributed by atoms with van der Waals surface area (Å²) in [4.78, 5) is 15.9. The van der Waals surface area contributed by atoms with E-state index in [1.165, 1.54) is 6.07 Å². The maximum absolute atomic E-state index is 13.2. The number of aromatic nitrogens is 1. The minimum Gasteiger partial charge on any atom is -0.372 e. The Labute approximate surface area is 124 Å². The van der Waals surface area contributed by atoms with Crippen LogP contribution >= 0.6 is 23.2 Å². The van der Waals surface area contributed by atoms with Crippen molar-refractivity contribution < 1.29 is 9.18 Å². The fraction of sp³-hybridized carbons (Fsp3) is 0.0769. The Balaban J connectivity index is 2.30. The second kappa shape index (κ2) is 6.07. The van der Waals surface area contributed by atoms with Gasteiger partial charge >= 0.3 is 0 Å². The number of pyridine rings is 1. The molecular weight excluding hydrogens is 304 g/mol. The van der Waals surface area contributed by atoms with Crippen LogP contribution in [0.1, 0.15) is 10.4 Å². The normalized spacial score (nSPS) is 10.2. The van der Waals surface area contributed by atoms with E-state index in [0.29, 0.717) is 15.7 Å². The summed E-state index contributed by atoms with van der Waals surface area (Å²) in [6.45, 7) is 0. The van der Waals surface area contributed by atoms with Crippen LogP contribution in [0.3, 0.4) is 0 Å². The summed E-state index contributed by atoms with van der Waals surface area (Å²) in [5.74, 6) is -0.851. The van der Waals surface area contributed by atoms with Crippen molar-refractivity contribution >= 4 is 40.6 Å². The summed E-state index contributed by atoms with van der Waals surface area (Å²) in [5, 5.41) is 6.05. The first-order chi connectivity index (χ1) is 9.51. The van der Waals surface area contributed by atoms with Gasteiger partial charge in [-0.1, -0.05) is 23.2 Å². The zero-order valence-electron chi connectivity index (χ0n) is 10.4. The lowest BCUT2D eigenvalue weighted by molar-refractivity contribution is 0.102. The predicted octanol–water partition coefficient (Wildman–Crippen LogP) is 3.82. The molecule has 1 aromatic heterocycles. The van der Waals surface area contributed by atoms with Crippen molar-refractivity contribution in [3.8, 4) is 0 Å². The summed E-state index contributed by atoms with van der Waals surface area (Å²) in [5.41, 5.74) is 0.464. The summed E-state index contributed by atoms with van der Waals surface area (Å²) < 4.78 is 13.2. The smallest absolute Gasteiger partial charge is 0.259 e. The van der Waals surface area contributed by atoms with Gasteiger partial charge in [0, 0.05) is 12.1 Å². The van der Waals surface area contributed by atoms with E-state index in [9.17, 15) is 9.18 Å². The molecule has 0 radical (unpaired) electrons. The first-order valence-electron chi connectivity index (χ1n) is 5.61. The topological polar surface area (TPSA) is 54.0 Å². The van der Waals surface area contributed by atoms with Gasteiger partial charge in [0.25, 0.3) is 5.91 Å². The van der Waals surface area contributed by atoms with Crippen LogP contribution in [-0.2, 0) is 0 Å². The largest absolute Gasteiger partial charge is 0.372 e. The van der Waals surface area contributed by atoms with Crippen molar-refractivity contribution in [3.63, 3.8) is 0 Å². The second-order valence-corrected chi connectivity index (χ2v) is 4.72. The number of hydrogen-bond donors (Lipinski definition) is 2. The van der Waals surface area contributed by atoms with Gasteiger partial charge in [-0.05, 0) is 24.3 Å². The van der Waals surface area contributed by atoms with E-state index in [2.05, 4.69) is 15.6 Å². The minimum absolute atomic E-state index is 0.0820. The van der Waals surface area contributed by atoms with Gasteiger partial charge in [-0.3, -0.25) is 4.79 Å². The molecule has 1 heterocycles. The lowest BCUT2D eigenvalue weighted by Gasteiger charge is -2.10. The van der Waals surface area contributed by atoms with Gasteiger partial charge in [0.1, 0.15) is 11.6 Å². The van der Waals surface area contributed by atoms with Gasteiger partial charge in [-0.2, -0.15) is 0 Å². The van der Waals surface area contributed by atoms with Crippen LogP contribution in [0.4, 0.5) is 15.9 Å². The van der Waals surface area contributed by atoms with E-state index in [0.717, 1.165) is 12.3 Å². The molecule has 2 N–H and O–H groups in total. The van der Waals surface area contributed by atoms with Crippen LogP contribution < -0.4 is 10.6 Å². The molecule has 0 aliphatic carbocycles. The Bertz CT molecular complexity index is 664. The summed E-state index contributed by atoms with van der Waals surface area (Å²) in [6, 6.07) is 5.75. The Morgan fingerprint density at radius 1 is 1.30 bits per heavy atom. The van der Waals surface area contributed by atoms with Crippen LogP contribution in [0, 0.1) is 5.82 Å². The van der Waals surface area contributed by atoms with Gasteiger partial charge < -0.3 is 10.6 Å². The molecule has 0 saturated heterocycles. The highest BCUT2D eigenvalue weighted by molar-refractivity contribution is 6.36. The first kappa shape index (κ1) is 14.6. The van der Waals surface area contributed by atoms with E-state index in [-0.39, 0.29) is 11.4 Å². The van der Waals surface area contributed by atoms with E-state index in [4.69, 9.17) is 23.2 Å². The molecular formula is C13H10Cl2FN3O. The lowest BCUT2D eigenvalue weighted by Crippen LogP contribution is -2.15. The standard InChI is InChI=1S/C13H10Cl2FN3O/c1-17-12-9(5-8(16)6-18-12)13(20)19-11-3-2-7(14)4-10(11)15/h2-6H,1H3,(H,17,18)(H,19,20). The molecule has 0 aliphatic rings. The van der Waals surface area contributed by atoms with Gasteiger partial charge in [0.15, 0.2) is 0 Å².